The first-order valence-electron chi connectivity index (χ1n) is 11.6. The molecule has 2 aromatic rings. The minimum atomic E-state index is -0.343. The van der Waals surface area contributed by atoms with Gasteiger partial charge in [-0.1, -0.05) is 31.2 Å². The van der Waals surface area contributed by atoms with Crippen molar-refractivity contribution in [1.29, 1.82) is 0 Å². The molecular formula is C24H29FN6O2. The van der Waals surface area contributed by atoms with Gasteiger partial charge in [0.15, 0.2) is 5.82 Å². The van der Waals surface area contributed by atoms with Crippen molar-refractivity contribution in [1.82, 2.24) is 29.9 Å². The maximum atomic E-state index is 13.4. The van der Waals surface area contributed by atoms with Crippen LogP contribution in [0, 0.1) is 11.2 Å². The van der Waals surface area contributed by atoms with Crippen LogP contribution in [0.15, 0.2) is 36.4 Å². The van der Waals surface area contributed by atoms with E-state index in [4.69, 9.17) is 0 Å². The Bertz CT molecular complexity index is 1080. The Morgan fingerprint density at radius 1 is 1.12 bits per heavy atom. The van der Waals surface area contributed by atoms with Crippen LogP contribution < -0.4 is 5.32 Å². The van der Waals surface area contributed by atoms with Gasteiger partial charge in [-0.2, -0.15) is 0 Å². The van der Waals surface area contributed by atoms with Crippen molar-refractivity contribution >= 4 is 11.8 Å². The van der Waals surface area contributed by atoms with E-state index in [9.17, 15) is 14.0 Å². The first-order valence-corrected chi connectivity index (χ1v) is 11.6. The maximum Gasteiger partial charge on any atom is 0.289 e. The van der Waals surface area contributed by atoms with E-state index in [0.717, 1.165) is 43.7 Å². The molecule has 2 amide bonds. The van der Waals surface area contributed by atoms with Gasteiger partial charge in [0, 0.05) is 39.3 Å². The number of nitrogens with zero attached hydrogens (tertiary/aromatic N) is 5. The SMILES string of the molecule is C[C@@]1(C(=O)N2CCN3CCn4c(C(=O)NCc5ccc(F)cc5)nnc4[C@H]3C2)CC=CCC1. The predicted octanol–water partition coefficient (Wildman–Crippen LogP) is 2.29. The van der Waals surface area contributed by atoms with Gasteiger partial charge in [0.05, 0.1) is 11.5 Å². The number of carbonyl (C=O) groups is 2. The molecule has 1 aromatic carbocycles. The molecule has 1 fully saturated rings. The van der Waals surface area contributed by atoms with Crippen molar-refractivity contribution in [3.05, 3.63) is 59.4 Å². The summed E-state index contributed by atoms with van der Waals surface area (Å²) in [5, 5.41) is 11.4. The average Bonchev–Trinajstić information content (AvgIpc) is 3.28. The Hall–Kier alpha value is -3.07. The number of carbonyl (C=O) groups excluding carboxylic acids is 2. The van der Waals surface area contributed by atoms with Gasteiger partial charge in [-0.15, -0.1) is 10.2 Å². The topological polar surface area (TPSA) is 83.4 Å². The highest BCUT2D eigenvalue weighted by Gasteiger charge is 2.42. The molecule has 0 saturated carbocycles. The largest absolute Gasteiger partial charge is 0.345 e. The summed E-state index contributed by atoms with van der Waals surface area (Å²) in [4.78, 5) is 30.5. The second kappa shape index (κ2) is 8.70. The van der Waals surface area contributed by atoms with Gasteiger partial charge in [0.1, 0.15) is 5.82 Å². The number of amides is 2. The number of hydrogen-bond donors (Lipinski definition) is 1. The molecule has 2 atom stereocenters. The lowest BCUT2D eigenvalue weighted by molar-refractivity contribution is -0.145. The van der Waals surface area contributed by atoms with Gasteiger partial charge in [-0.05, 0) is 37.0 Å². The monoisotopic (exact) mass is 452 g/mol. The Labute approximate surface area is 192 Å². The van der Waals surface area contributed by atoms with Crippen LogP contribution in [0.5, 0.6) is 0 Å². The van der Waals surface area contributed by atoms with E-state index < -0.39 is 0 Å². The minimum Gasteiger partial charge on any atom is -0.345 e. The van der Waals surface area contributed by atoms with Crippen molar-refractivity contribution < 1.29 is 14.0 Å². The van der Waals surface area contributed by atoms with E-state index in [2.05, 4.69) is 39.5 Å². The minimum absolute atomic E-state index is 0.0645. The average molecular weight is 453 g/mol. The summed E-state index contributed by atoms with van der Waals surface area (Å²) in [6, 6.07) is 5.96. The molecule has 0 bridgehead atoms. The fraction of sp³-hybridized carbons (Fsp3) is 0.500. The molecule has 0 radical (unpaired) electrons. The molecule has 9 heteroatoms. The normalized spacial score (nSPS) is 24.8. The summed E-state index contributed by atoms with van der Waals surface area (Å²) in [5.74, 6) is 0.603. The number of nitrogens with one attached hydrogen (secondary N) is 1. The van der Waals surface area contributed by atoms with Crippen molar-refractivity contribution in [3.8, 4) is 0 Å². The summed E-state index contributed by atoms with van der Waals surface area (Å²) in [6.07, 6.45) is 6.87. The number of fused-ring (bicyclic) bond motifs is 3. The highest BCUT2D eigenvalue weighted by molar-refractivity contribution is 5.90. The molecule has 3 heterocycles. The lowest BCUT2D eigenvalue weighted by Crippen LogP contribution is -2.56. The van der Waals surface area contributed by atoms with Crippen LogP contribution in [0.25, 0.3) is 0 Å². The predicted molar refractivity (Wildman–Crippen MR) is 120 cm³/mol. The third-order valence-electron chi connectivity index (χ3n) is 7.15. The van der Waals surface area contributed by atoms with Crippen molar-refractivity contribution in [2.24, 2.45) is 5.41 Å². The van der Waals surface area contributed by atoms with Gasteiger partial charge < -0.3 is 14.8 Å². The highest BCUT2D eigenvalue weighted by Crippen LogP contribution is 2.36. The van der Waals surface area contributed by atoms with E-state index >= 15 is 0 Å². The van der Waals surface area contributed by atoms with E-state index in [0.29, 0.717) is 19.6 Å². The molecule has 1 aliphatic carbocycles. The molecule has 2 aliphatic heterocycles. The fourth-order valence-electron chi connectivity index (χ4n) is 5.10. The number of piperazine rings is 1. The van der Waals surface area contributed by atoms with E-state index in [1.54, 1.807) is 12.1 Å². The quantitative estimate of drug-likeness (QED) is 0.720. The zero-order valence-corrected chi connectivity index (χ0v) is 18.8. The molecule has 1 saturated heterocycles. The number of aromatic nitrogens is 3. The zero-order chi connectivity index (χ0) is 23.0. The number of benzene rings is 1. The van der Waals surface area contributed by atoms with Crippen LogP contribution in [0.3, 0.4) is 0 Å². The third-order valence-corrected chi connectivity index (χ3v) is 7.15. The van der Waals surface area contributed by atoms with Gasteiger partial charge in [0.2, 0.25) is 11.7 Å². The van der Waals surface area contributed by atoms with Gasteiger partial charge in [-0.3, -0.25) is 14.5 Å². The van der Waals surface area contributed by atoms with Gasteiger partial charge in [0.25, 0.3) is 5.91 Å². The second-order valence-electron chi connectivity index (χ2n) is 9.42. The maximum absolute atomic E-state index is 13.4. The van der Waals surface area contributed by atoms with E-state index in [1.807, 2.05) is 9.47 Å². The molecule has 0 unspecified atom stereocenters. The Kier molecular flexibility index (Phi) is 5.74. The van der Waals surface area contributed by atoms with Crippen molar-refractivity contribution in [2.45, 2.75) is 45.3 Å². The Balaban J connectivity index is 1.29. The summed E-state index contributed by atoms with van der Waals surface area (Å²) >= 11 is 0. The zero-order valence-electron chi connectivity index (χ0n) is 18.8. The van der Waals surface area contributed by atoms with Crippen LogP contribution in [0.2, 0.25) is 0 Å². The third kappa shape index (κ3) is 4.17. The molecular weight excluding hydrogens is 423 g/mol. The highest BCUT2D eigenvalue weighted by atomic mass is 19.1. The number of halogens is 1. The standard InChI is InChI=1S/C24H29FN6O2/c1-24(9-3-2-4-10-24)23(33)30-12-11-29-13-14-31-20(19(29)16-30)27-28-21(31)22(32)26-15-17-5-7-18(25)8-6-17/h2-3,5-8,19H,4,9-16H2,1H3,(H,26,32)/t19-,24-/m1/s1. The van der Waals surface area contributed by atoms with Crippen molar-refractivity contribution in [3.63, 3.8) is 0 Å². The molecule has 8 nitrogen and oxygen atoms in total. The van der Waals surface area contributed by atoms with Crippen LogP contribution in [-0.4, -0.2) is 62.6 Å². The van der Waals surface area contributed by atoms with E-state index in [-0.39, 0.29) is 41.5 Å². The molecule has 1 aromatic heterocycles. The number of hydrogen-bond acceptors (Lipinski definition) is 5. The van der Waals surface area contributed by atoms with Crippen LogP contribution in [0.4, 0.5) is 4.39 Å². The van der Waals surface area contributed by atoms with Gasteiger partial charge in [-0.25, -0.2) is 4.39 Å². The molecule has 3 aliphatic rings. The summed E-state index contributed by atoms with van der Waals surface area (Å²) in [7, 11) is 0. The first-order chi connectivity index (χ1) is 15.9. The summed E-state index contributed by atoms with van der Waals surface area (Å²) in [5.41, 5.74) is 0.465. The van der Waals surface area contributed by atoms with Crippen LogP contribution in [-0.2, 0) is 17.9 Å². The van der Waals surface area contributed by atoms with Crippen LogP contribution in [0.1, 0.15) is 54.2 Å². The molecule has 1 N–H and O–H groups in total. The first kappa shape index (κ1) is 21.8. The lowest BCUT2D eigenvalue weighted by Gasteiger charge is -2.45. The Morgan fingerprint density at radius 3 is 2.67 bits per heavy atom. The molecule has 5 rings (SSSR count). The Morgan fingerprint density at radius 2 is 1.91 bits per heavy atom. The van der Waals surface area contributed by atoms with Crippen molar-refractivity contribution in [2.75, 3.05) is 26.2 Å². The number of allylic oxidation sites excluding steroid dienone is 2. The summed E-state index contributed by atoms with van der Waals surface area (Å²) < 4.78 is 15.0. The molecule has 174 valence electrons. The molecule has 0 spiro atoms. The second-order valence-corrected chi connectivity index (χ2v) is 9.42. The number of rotatable bonds is 4. The smallest absolute Gasteiger partial charge is 0.289 e. The molecule has 33 heavy (non-hydrogen) atoms. The van der Waals surface area contributed by atoms with Crippen LogP contribution >= 0.6 is 0 Å². The fourth-order valence-corrected chi connectivity index (χ4v) is 5.10. The lowest BCUT2D eigenvalue weighted by atomic mass is 9.77. The summed E-state index contributed by atoms with van der Waals surface area (Å²) in [6.45, 7) is 5.84. The van der Waals surface area contributed by atoms with E-state index in [1.165, 1.54) is 12.1 Å². The van der Waals surface area contributed by atoms with Gasteiger partial charge >= 0.3 is 0 Å².